The molecule has 0 saturated carbocycles. The number of imidazole rings is 1. The lowest BCUT2D eigenvalue weighted by Crippen LogP contribution is -2.52. The smallest absolute Gasteiger partial charge is 0.159 e. The number of morpholine rings is 1. The quantitative estimate of drug-likeness (QED) is 0.432. The van der Waals surface area contributed by atoms with E-state index in [0.29, 0.717) is 23.1 Å². The minimum Gasteiger partial charge on any atom is -0.373 e. The molecule has 174 valence electrons. The molecule has 0 unspecified atom stereocenters. The SMILES string of the molecule is CC[C@@H]1CO[C@@H](CN(CC)CC)CN1c1ccc2nc(-c3n[nH]c4cc(F)ccc34)[nH]c2c1. The largest absolute Gasteiger partial charge is 0.373 e. The zero-order valence-corrected chi connectivity index (χ0v) is 19.4. The number of nitrogens with zero attached hydrogens (tertiary/aromatic N) is 4. The maximum atomic E-state index is 13.5. The number of ether oxygens (including phenoxy) is 1. The molecule has 3 heterocycles. The third kappa shape index (κ3) is 4.20. The second kappa shape index (κ2) is 9.11. The summed E-state index contributed by atoms with van der Waals surface area (Å²) in [5, 5.41) is 8.12. The molecule has 2 N–H and O–H groups in total. The summed E-state index contributed by atoms with van der Waals surface area (Å²) in [7, 11) is 0. The van der Waals surface area contributed by atoms with E-state index in [1.54, 1.807) is 6.07 Å². The molecule has 0 radical (unpaired) electrons. The number of hydrogen-bond donors (Lipinski definition) is 2. The molecule has 8 heteroatoms. The van der Waals surface area contributed by atoms with Crippen LogP contribution < -0.4 is 4.90 Å². The fourth-order valence-electron chi connectivity index (χ4n) is 4.75. The normalized spacial score (nSPS) is 19.2. The fourth-order valence-corrected chi connectivity index (χ4v) is 4.75. The van der Waals surface area contributed by atoms with Crippen LogP contribution >= 0.6 is 0 Å². The summed E-state index contributed by atoms with van der Waals surface area (Å²) in [6.07, 6.45) is 1.22. The summed E-state index contributed by atoms with van der Waals surface area (Å²) in [5.74, 6) is 0.385. The van der Waals surface area contributed by atoms with Gasteiger partial charge in [0.25, 0.3) is 0 Å². The van der Waals surface area contributed by atoms with Crippen molar-refractivity contribution in [3.05, 3.63) is 42.2 Å². The van der Waals surface area contributed by atoms with E-state index in [2.05, 4.69) is 64.0 Å². The van der Waals surface area contributed by atoms with Gasteiger partial charge in [0.1, 0.15) is 11.5 Å². The standard InChI is InChI=1S/C25H31FN6O/c1-4-17-15-33-19(13-31(5-2)6-3)14-32(17)18-8-10-21-23(12-18)28-25(27-21)24-20-9-7-16(26)11-22(20)29-30-24/h7-12,17,19H,4-6,13-15H2,1-3H3,(H,27,28)(H,29,30)/t17-,19+/m1/s1. The minimum absolute atomic E-state index is 0.191. The highest BCUT2D eigenvalue weighted by atomic mass is 19.1. The number of likely N-dealkylation sites (N-methyl/N-ethyl adjacent to an activating group) is 1. The number of halogens is 1. The van der Waals surface area contributed by atoms with Gasteiger partial charge >= 0.3 is 0 Å². The average molecular weight is 451 g/mol. The highest BCUT2D eigenvalue weighted by molar-refractivity contribution is 5.93. The van der Waals surface area contributed by atoms with Crippen LogP contribution in [0.1, 0.15) is 27.2 Å². The molecule has 1 aliphatic heterocycles. The van der Waals surface area contributed by atoms with Crippen LogP contribution in [0.5, 0.6) is 0 Å². The van der Waals surface area contributed by atoms with Gasteiger partial charge in [0.05, 0.1) is 35.3 Å². The first-order valence-corrected chi connectivity index (χ1v) is 11.8. The van der Waals surface area contributed by atoms with Gasteiger partial charge in [-0.2, -0.15) is 5.10 Å². The van der Waals surface area contributed by atoms with E-state index >= 15 is 0 Å². The molecule has 1 aliphatic rings. The van der Waals surface area contributed by atoms with Crippen LogP contribution in [0, 0.1) is 5.82 Å². The number of fused-ring (bicyclic) bond motifs is 2. The van der Waals surface area contributed by atoms with Gasteiger partial charge in [-0.3, -0.25) is 5.10 Å². The number of anilines is 1. The Bertz CT molecular complexity index is 1250. The van der Waals surface area contributed by atoms with Gasteiger partial charge in [0, 0.05) is 24.2 Å². The monoisotopic (exact) mass is 450 g/mol. The lowest BCUT2D eigenvalue weighted by Gasteiger charge is -2.42. The van der Waals surface area contributed by atoms with Crippen LogP contribution in [-0.4, -0.2) is 70.0 Å². The summed E-state index contributed by atoms with van der Waals surface area (Å²) in [6.45, 7) is 11.2. The predicted molar refractivity (Wildman–Crippen MR) is 130 cm³/mol. The Hall–Kier alpha value is -2.97. The lowest BCUT2D eigenvalue weighted by molar-refractivity contribution is -0.000799. The second-order valence-corrected chi connectivity index (χ2v) is 8.70. The molecule has 2 aromatic carbocycles. The highest BCUT2D eigenvalue weighted by Crippen LogP contribution is 2.30. The molecule has 7 nitrogen and oxygen atoms in total. The van der Waals surface area contributed by atoms with Crippen molar-refractivity contribution in [3.63, 3.8) is 0 Å². The van der Waals surface area contributed by atoms with Crippen LogP contribution in [0.2, 0.25) is 0 Å². The van der Waals surface area contributed by atoms with Gasteiger partial charge < -0.3 is 19.5 Å². The third-order valence-electron chi connectivity index (χ3n) is 6.74. The maximum absolute atomic E-state index is 13.5. The van der Waals surface area contributed by atoms with Gasteiger partial charge in [-0.25, -0.2) is 9.37 Å². The third-order valence-corrected chi connectivity index (χ3v) is 6.74. The van der Waals surface area contributed by atoms with Crippen molar-refractivity contribution in [1.29, 1.82) is 0 Å². The molecule has 2 atom stereocenters. The van der Waals surface area contributed by atoms with Crippen molar-refractivity contribution in [2.24, 2.45) is 0 Å². The fraction of sp³-hybridized carbons (Fsp3) is 0.440. The molecule has 1 fully saturated rings. The van der Waals surface area contributed by atoms with E-state index in [-0.39, 0.29) is 11.9 Å². The molecule has 0 bridgehead atoms. The van der Waals surface area contributed by atoms with Gasteiger partial charge in [-0.1, -0.05) is 20.8 Å². The number of H-pyrrole nitrogens is 2. The van der Waals surface area contributed by atoms with Crippen molar-refractivity contribution in [3.8, 4) is 11.5 Å². The summed E-state index contributed by atoms with van der Waals surface area (Å²) < 4.78 is 19.8. The Kier molecular flexibility index (Phi) is 6.03. The summed E-state index contributed by atoms with van der Waals surface area (Å²) in [6, 6.07) is 11.3. The van der Waals surface area contributed by atoms with Crippen LogP contribution in [0.3, 0.4) is 0 Å². The van der Waals surface area contributed by atoms with E-state index in [4.69, 9.17) is 9.72 Å². The summed E-state index contributed by atoms with van der Waals surface area (Å²) >= 11 is 0. The number of hydrogen-bond acceptors (Lipinski definition) is 5. The van der Waals surface area contributed by atoms with E-state index in [9.17, 15) is 4.39 Å². The van der Waals surface area contributed by atoms with Crippen LogP contribution in [0.15, 0.2) is 36.4 Å². The summed E-state index contributed by atoms with van der Waals surface area (Å²) in [5.41, 5.74) is 4.37. The number of aromatic amines is 2. The average Bonchev–Trinajstić information content (AvgIpc) is 3.45. The number of aromatic nitrogens is 4. The van der Waals surface area contributed by atoms with Crippen molar-refractivity contribution >= 4 is 27.6 Å². The Morgan fingerprint density at radius 2 is 1.97 bits per heavy atom. The molecule has 4 aromatic rings. The number of benzene rings is 2. The van der Waals surface area contributed by atoms with E-state index in [1.807, 2.05) is 0 Å². The zero-order valence-electron chi connectivity index (χ0n) is 19.4. The molecule has 1 saturated heterocycles. The van der Waals surface area contributed by atoms with Gasteiger partial charge in [0.15, 0.2) is 5.82 Å². The summed E-state index contributed by atoms with van der Waals surface area (Å²) in [4.78, 5) is 13.1. The first-order chi connectivity index (χ1) is 16.1. The Morgan fingerprint density at radius 3 is 2.76 bits per heavy atom. The highest BCUT2D eigenvalue weighted by Gasteiger charge is 2.29. The maximum Gasteiger partial charge on any atom is 0.159 e. The molecule has 0 aliphatic carbocycles. The number of nitrogens with one attached hydrogen (secondary N) is 2. The molecular formula is C25H31FN6O. The Balaban J connectivity index is 1.44. The second-order valence-electron chi connectivity index (χ2n) is 8.70. The first kappa shape index (κ1) is 21.9. The van der Waals surface area contributed by atoms with Crippen LogP contribution in [0.4, 0.5) is 10.1 Å². The minimum atomic E-state index is -0.290. The zero-order chi connectivity index (χ0) is 22.9. The van der Waals surface area contributed by atoms with E-state index < -0.39 is 0 Å². The molecule has 0 amide bonds. The Morgan fingerprint density at radius 1 is 1.12 bits per heavy atom. The van der Waals surface area contributed by atoms with Gasteiger partial charge in [0.2, 0.25) is 0 Å². The topological polar surface area (TPSA) is 73.1 Å². The van der Waals surface area contributed by atoms with E-state index in [0.717, 1.165) is 55.6 Å². The van der Waals surface area contributed by atoms with Crippen molar-refractivity contribution in [1.82, 2.24) is 25.1 Å². The molecule has 5 rings (SSSR count). The van der Waals surface area contributed by atoms with Crippen LogP contribution in [-0.2, 0) is 4.74 Å². The molecule has 2 aromatic heterocycles. The molecule has 0 spiro atoms. The van der Waals surface area contributed by atoms with Gasteiger partial charge in [-0.05, 0) is 55.9 Å². The van der Waals surface area contributed by atoms with Crippen molar-refractivity contribution in [2.75, 3.05) is 37.7 Å². The lowest BCUT2D eigenvalue weighted by atomic mass is 10.1. The van der Waals surface area contributed by atoms with Crippen LogP contribution in [0.25, 0.3) is 33.5 Å². The predicted octanol–water partition coefficient (Wildman–Crippen LogP) is 4.57. The molecule has 33 heavy (non-hydrogen) atoms. The Labute approximate surface area is 192 Å². The number of rotatable bonds is 7. The first-order valence-electron chi connectivity index (χ1n) is 11.8. The van der Waals surface area contributed by atoms with Crippen molar-refractivity contribution in [2.45, 2.75) is 39.3 Å². The van der Waals surface area contributed by atoms with Crippen molar-refractivity contribution < 1.29 is 9.13 Å². The van der Waals surface area contributed by atoms with Gasteiger partial charge in [-0.15, -0.1) is 0 Å². The molecular weight excluding hydrogens is 419 g/mol. The van der Waals surface area contributed by atoms with E-state index in [1.165, 1.54) is 17.8 Å².